The maximum Gasteiger partial charge on any atom is 0.234 e. The minimum Gasteiger partial charge on any atom is -0.487 e. The number of hydrogen-bond acceptors (Lipinski definition) is 5. The Morgan fingerprint density at radius 3 is 2.79 bits per heavy atom. The topological polar surface area (TPSA) is 87.8 Å². The average Bonchev–Trinajstić information content (AvgIpc) is 3.02. The molecular weight excluding hydrogens is 373 g/mol. The van der Waals surface area contributed by atoms with Crippen LogP contribution in [0, 0.1) is 5.82 Å². The highest BCUT2D eigenvalue weighted by molar-refractivity contribution is 5.78. The van der Waals surface area contributed by atoms with Gasteiger partial charge in [0.1, 0.15) is 23.8 Å². The fraction of sp³-hybridized carbons (Fsp3) is 0.409. The van der Waals surface area contributed by atoms with E-state index in [-0.39, 0.29) is 24.5 Å². The third-order valence-corrected chi connectivity index (χ3v) is 5.83. The number of nitrogens with one attached hydrogen (secondary N) is 1. The predicted octanol–water partition coefficient (Wildman–Crippen LogP) is 1.21. The Hall–Kier alpha value is -2.48. The Bertz CT molecular complexity index is 878. The minimum absolute atomic E-state index is 0.114. The molecule has 0 saturated heterocycles. The van der Waals surface area contributed by atoms with E-state index in [4.69, 9.17) is 10.5 Å². The molecule has 29 heavy (non-hydrogen) atoms. The molecule has 1 amide bonds. The van der Waals surface area contributed by atoms with E-state index >= 15 is 0 Å². The van der Waals surface area contributed by atoms with Crippen LogP contribution in [0.4, 0.5) is 4.39 Å². The van der Waals surface area contributed by atoms with E-state index in [1.807, 2.05) is 12.1 Å². The molecule has 1 saturated carbocycles. The van der Waals surface area contributed by atoms with Crippen LogP contribution in [0.3, 0.4) is 0 Å². The van der Waals surface area contributed by atoms with E-state index in [0.29, 0.717) is 18.7 Å². The predicted molar refractivity (Wildman–Crippen MR) is 107 cm³/mol. The van der Waals surface area contributed by atoms with E-state index in [1.165, 1.54) is 23.3 Å². The van der Waals surface area contributed by atoms with Crippen LogP contribution in [0.5, 0.6) is 5.75 Å². The molecule has 2 aromatic rings. The number of rotatable bonds is 5. The summed E-state index contributed by atoms with van der Waals surface area (Å²) in [5, 5.41) is 14.0. The summed E-state index contributed by atoms with van der Waals surface area (Å²) < 4.78 is 19.4. The second kappa shape index (κ2) is 8.49. The zero-order valence-corrected chi connectivity index (χ0v) is 16.1. The van der Waals surface area contributed by atoms with Crippen molar-refractivity contribution < 1.29 is 19.0 Å². The van der Waals surface area contributed by atoms with Crippen LogP contribution in [-0.2, 0) is 17.8 Å². The molecule has 0 unspecified atom stereocenters. The molecule has 1 heterocycles. The molecule has 7 heteroatoms. The lowest BCUT2D eigenvalue weighted by Gasteiger charge is -2.38. The van der Waals surface area contributed by atoms with Crippen LogP contribution in [0.25, 0.3) is 0 Å². The Balaban J connectivity index is 1.55. The van der Waals surface area contributed by atoms with E-state index in [0.717, 1.165) is 13.0 Å². The molecule has 0 bridgehead atoms. The minimum atomic E-state index is -0.827. The number of aliphatic hydroxyl groups is 1. The van der Waals surface area contributed by atoms with Crippen LogP contribution >= 0.6 is 0 Å². The summed E-state index contributed by atoms with van der Waals surface area (Å²) in [6.45, 7) is 1.36. The van der Waals surface area contributed by atoms with Gasteiger partial charge in [-0.1, -0.05) is 30.3 Å². The number of benzene rings is 2. The summed E-state index contributed by atoms with van der Waals surface area (Å²) in [5.74, 6) is -0.300. The average molecular weight is 399 g/mol. The number of nitrogens with two attached hydrogens (primary N) is 1. The van der Waals surface area contributed by atoms with Crippen LogP contribution in [0.2, 0.25) is 0 Å². The van der Waals surface area contributed by atoms with E-state index in [1.54, 1.807) is 12.1 Å². The lowest BCUT2D eigenvalue weighted by molar-refractivity contribution is -0.121. The van der Waals surface area contributed by atoms with Gasteiger partial charge in [0.2, 0.25) is 5.91 Å². The van der Waals surface area contributed by atoms with Crippen molar-refractivity contribution >= 4 is 5.91 Å². The Morgan fingerprint density at radius 2 is 2.03 bits per heavy atom. The van der Waals surface area contributed by atoms with Crippen molar-refractivity contribution in [3.63, 3.8) is 0 Å². The van der Waals surface area contributed by atoms with Gasteiger partial charge in [0.15, 0.2) is 0 Å². The number of carbonyl (C=O) groups excluding carboxylic acids is 1. The quantitative estimate of drug-likeness (QED) is 0.704. The second-order valence-electron chi connectivity index (χ2n) is 7.70. The van der Waals surface area contributed by atoms with Crippen LogP contribution in [0.15, 0.2) is 48.5 Å². The van der Waals surface area contributed by atoms with Crippen LogP contribution in [0.1, 0.15) is 17.5 Å². The van der Waals surface area contributed by atoms with E-state index in [2.05, 4.69) is 22.3 Å². The zero-order chi connectivity index (χ0) is 20.4. The second-order valence-corrected chi connectivity index (χ2v) is 7.70. The molecule has 6 nitrogen and oxygen atoms in total. The van der Waals surface area contributed by atoms with Crippen molar-refractivity contribution in [2.24, 2.45) is 5.73 Å². The van der Waals surface area contributed by atoms with Crippen LogP contribution in [-0.4, -0.2) is 53.3 Å². The molecular formula is C22H26FN3O3. The first-order chi connectivity index (χ1) is 14.0. The van der Waals surface area contributed by atoms with Gasteiger partial charge in [-0.3, -0.25) is 9.69 Å². The number of amides is 1. The van der Waals surface area contributed by atoms with Gasteiger partial charge in [0.05, 0.1) is 18.6 Å². The number of nitrogens with zero attached hydrogens (tertiary/aromatic N) is 1. The van der Waals surface area contributed by atoms with Gasteiger partial charge in [-0.25, -0.2) is 4.39 Å². The Morgan fingerprint density at radius 1 is 1.24 bits per heavy atom. The van der Waals surface area contributed by atoms with Gasteiger partial charge in [-0.15, -0.1) is 0 Å². The van der Waals surface area contributed by atoms with Crippen molar-refractivity contribution in [1.82, 2.24) is 10.2 Å². The van der Waals surface area contributed by atoms with Gasteiger partial charge in [-0.2, -0.15) is 0 Å². The summed E-state index contributed by atoms with van der Waals surface area (Å²) in [4.78, 5) is 14.2. The number of aliphatic hydroxyl groups excluding tert-OH is 1. The number of ether oxygens (including phenoxy) is 1. The Labute approximate surface area is 169 Å². The maximum absolute atomic E-state index is 13.5. The Kier molecular flexibility index (Phi) is 5.80. The number of hydrogen-bond donors (Lipinski definition) is 3. The zero-order valence-electron chi connectivity index (χ0n) is 16.1. The lowest BCUT2D eigenvalue weighted by atomic mass is 9.97. The number of carbonyl (C=O) groups is 1. The maximum atomic E-state index is 13.5. The molecule has 1 fully saturated rings. The SMILES string of the molecule is NCC(=O)N[C@@H]1C[C@@H](Oc2cccc(F)c2)[C@H](O)[C@H]1N1CCc2ccccc2C1. The fourth-order valence-corrected chi connectivity index (χ4v) is 4.47. The molecule has 2 aliphatic rings. The van der Waals surface area contributed by atoms with Crippen molar-refractivity contribution in [3.05, 3.63) is 65.5 Å². The summed E-state index contributed by atoms with van der Waals surface area (Å²) in [6, 6.07) is 13.5. The first-order valence-corrected chi connectivity index (χ1v) is 9.95. The van der Waals surface area contributed by atoms with Gasteiger partial charge in [-0.05, 0) is 29.7 Å². The van der Waals surface area contributed by atoms with Crippen LogP contribution < -0.4 is 15.8 Å². The molecule has 0 aromatic heterocycles. The van der Waals surface area contributed by atoms with Gasteiger partial charge in [0.25, 0.3) is 0 Å². The lowest BCUT2D eigenvalue weighted by Crippen LogP contribution is -2.55. The first kappa shape index (κ1) is 19.8. The molecule has 1 aliphatic heterocycles. The molecule has 0 radical (unpaired) electrons. The molecule has 4 N–H and O–H groups in total. The van der Waals surface area contributed by atoms with Gasteiger partial charge >= 0.3 is 0 Å². The number of halogens is 1. The number of fused-ring (bicyclic) bond motifs is 1. The smallest absolute Gasteiger partial charge is 0.234 e. The molecule has 154 valence electrons. The largest absolute Gasteiger partial charge is 0.487 e. The first-order valence-electron chi connectivity index (χ1n) is 9.95. The summed E-state index contributed by atoms with van der Waals surface area (Å²) in [6.07, 6.45) is -0.0767. The van der Waals surface area contributed by atoms with E-state index in [9.17, 15) is 14.3 Å². The monoisotopic (exact) mass is 399 g/mol. The molecule has 2 aromatic carbocycles. The van der Waals surface area contributed by atoms with Crippen molar-refractivity contribution in [2.45, 2.75) is 43.7 Å². The highest BCUT2D eigenvalue weighted by atomic mass is 19.1. The van der Waals surface area contributed by atoms with E-state index < -0.39 is 18.0 Å². The summed E-state index contributed by atoms with van der Waals surface area (Å²) in [5.41, 5.74) is 8.02. The summed E-state index contributed by atoms with van der Waals surface area (Å²) in [7, 11) is 0. The third kappa shape index (κ3) is 4.27. The van der Waals surface area contributed by atoms with Gasteiger partial charge in [0, 0.05) is 25.6 Å². The molecule has 0 spiro atoms. The van der Waals surface area contributed by atoms with Crippen molar-refractivity contribution in [1.29, 1.82) is 0 Å². The highest BCUT2D eigenvalue weighted by Gasteiger charge is 2.47. The molecule has 4 atom stereocenters. The third-order valence-electron chi connectivity index (χ3n) is 5.83. The standard InChI is InChI=1S/C22H26FN3O3/c23-16-6-3-7-17(10-16)29-19-11-18(25-20(27)12-24)21(22(19)28)26-9-8-14-4-1-2-5-15(14)13-26/h1-7,10,18-19,21-22,28H,8-9,11-13,24H2,(H,25,27)/t18-,19-,21+,22+/m1/s1. The van der Waals surface area contributed by atoms with Crippen molar-refractivity contribution in [2.75, 3.05) is 13.1 Å². The fourth-order valence-electron chi connectivity index (χ4n) is 4.47. The summed E-state index contributed by atoms with van der Waals surface area (Å²) >= 11 is 0. The molecule has 1 aliphatic carbocycles. The normalized spacial score (nSPS) is 26.7. The van der Waals surface area contributed by atoms with Gasteiger partial charge < -0.3 is 20.9 Å². The van der Waals surface area contributed by atoms with Crippen molar-refractivity contribution in [3.8, 4) is 5.75 Å². The molecule has 4 rings (SSSR count). The highest BCUT2D eigenvalue weighted by Crippen LogP contribution is 2.32.